The fourth-order valence-corrected chi connectivity index (χ4v) is 4.36. The highest BCUT2D eigenvalue weighted by molar-refractivity contribution is 7.87. The fourth-order valence-electron chi connectivity index (χ4n) is 2.67. The van der Waals surface area contributed by atoms with Crippen molar-refractivity contribution >= 4 is 10.8 Å². The largest absolute Gasteiger partial charge is 0.633 e. The van der Waals surface area contributed by atoms with Crippen molar-refractivity contribution in [2.24, 2.45) is 0 Å². The Balaban J connectivity index is 3.36. The number of rotatable bonds is 5. The second kappa shape index (κ2) is 6.59. The molecule has 0 amide bonds. The number of quaternary nitrogens is 1. The van der Waals surface area contributed by atoms with Crippen LogP contribution in [0.4, 0.5) is 0 Å². The van der Waals surface area contributed by atoms with Gasteiger partial charge in [0, 0.05) is 21.6 Å². The zero-order valence-corrected chi connectivity index (χ0v) is 15.1. The van der Waals surface area contributed by atoms with Crippen molar-refractivity contribution in [3.05, 3.63) is 41.1 Å². The first-order chi connectivity index (χ1) is 9.49. The molecule has 1 N–H and O–H groups in total. The van der Waals surface area contributed by atoms with Gasteiger partial charge in [0.05, 0.1) is 10.3 Å². The molecular weight excluding hydrogens is 282 g/mol. The molecule has 1 aromatic carbocycles. The molecule has 0 saturated carbocycles. The minimum atomic E-state index is -1.09. The molecule has 0 aromatic heterocycles. The second-order valence-electron chi connectivity index (χ2n) is 7.41. The summed E-state index contributed by atoms with van der Waals surface area (Å²) in [6.45, 7) is 13.6. The molecule has 0 bridgehead atoms. The van der Waals surface area contributed by atoms with E-state index < -0.39 is 21.1 Å². The van der Waals surface area contributed by atoms with E-state index in [9.17, 15) is 9.42 Å². The summed E-state index contributed by atoms with van der Waals surface area (Å²) >= 11 is 0. The Morgan fingerprint density at radius 3 is 1.90 bits per heavy atom. The van der Waals surface area contributed by atoms with Gasteiger partial charge in [0.15, 0.2) is 0 Å². The third kappa shape index (κ3) is 4.15. The average molecular weight is 311 g/mol. The lowest BCUT2D eigenvalue weighted by Crippen LogP contribution is -3.16. The van der Waals surface area contributed by atoms with Gasteiger partial charge in [0.2, 0.25) is 0 Å². The minimum absolute atomic E-state index is 0.0268. The van der Waals surface area contributed by atoms with Gasteiger partial charge in [-0.15, -0.1) is 0 Å². The first-order valence-electron chi connectivity index (χ1n) is 7.49. The van der Waals surface area contributed by atoms with Crippen LogP contribution in [0.2, 0.25) is 0 Å². The Labute approximate surface area is 131 Å². The molecule has 0 spiro atoms. The Morgan fingerprint density at radius 2 is 1.52 bits per heavy atom. The second-order valence-corrected chi connectivity index (χ2v) is 10.00. The van der Waals surface area contributed by atoms with E-state index in [1.54, 1.807) is 0 Å². The van der Waals surface area contributed by atoms with Crippen LogP contribution in [0.5, 0.6) is 0 Å². The van der Waals surface area contributed by atoms with Crippen LogP contribution in [0.1, 0.15) is 60.1 Å². The molecule has 0 aliphatic rings. The van der Waals surface area contributed by atoms with E-state index in [0.29, 0.717) is 0 Å². The fraction of sp³-hybridized carbons (Fsp3) is 0.647. The van der Waals surface area contributed by atoms with Crippen LogP contribution in [0.15, 0.2) is 30.3 Å². The maximum atomic E-state index is 13.0. The Bertz CT molecular complexity index is 477. The van der Waals surface area contributed by atoms with Gasteiger partial charge in [0.1, 0.15) is 6.04 Å². The van der Waals surface area contributed by atoms with Crippen molar-refractivity contribution < 1.29 is 9.27 Å². The maximum Gasteiger partial charge on any atom is 0.130 e. The Morgan fingerprint density at radius 1 is 1.05 bits per heavy atom. The molecule has 0 radical (unpaired) electrons. The van der Waals surface area contributed by atoms with Crippen LogP contribution >= 0.6 is 0 Å². The van der Waals surface area contributed by atoms with Gasteiger partial charge in [0.25, 0.3) is 0 Å². The van der Waals surface area contributed by atoms with E-state index in [2.05, 4.69) is 0 Å². The van der Waals surface area contributed by atoms with Gasteiger partial charge >= 0.3 is 0 Å². The number of nitrogens with one attached hydrogen (secondary N) is 1. The third-order valence-electron chi connectivity index (χ3n) is 3.78. The molecule has 1 rings (SSSR count). The summed E-state index contributed by atoms with van der Waals surface area (Å²) in [6, 6.07) is 9.39. The summed E-state index contributed by atoms with van der Waals surface area (Å²) < 4.78 is 12.2. The van der Waals surface area contributed by atoms with Crippen molar-refractivity contribution in [2.75, 3.05) is 0 Å². The van der Waals surface area contributed by atoms with E-state index in [1.165, 1.54) is 0 Å². The summed E-state index contributed by atoms with van der Waals surface area (Å²) in [4.78, 5) is 0. The third-order valence-corrected chi connectivity index (χ3v) is 5.91. The average Bonchev–Trinajstić information content (AvgIpc) is 2.37. The molecule has 0 saturated heterocycles. The molecule has 3 nitrogen and oxygen atoms in total. The van der Waals surface area contributed by atoms with Gasteiger partial charge < -0.3 is 10.3 Å². The topological polar surface area (TPSA) is 44.6 Å². The molecule has 3 unspecified atom stereocenters. The maximum absolute atomic E-state index is 13.0. The summed E-state index contributed by atoms with van der Waals surface area (Å²) in [7, 11) is -1.09. The number of hydroxylamine groups is 2. The van der Waals surface area contributed by atoms with Gasteiger partial charge in [-0.2, -0.15) is 0 Å². The first-order valence-corrected chi connectivity index (χ1v) is 8.71. The lowest BCUT2D eigenvalue weighted by atomic mass is 9.91. The molecule has 4 heteroatoms. The van der Waals surface area contributed by atoms with Crippen molar-refractivity contribution in [1.82, 2.24) is 0 Å². The zero-order valence-electron chi connectivity index (χ0n) is 14.3. The van der Waals surface area contributed by atoms with E-state index in [0.717, 1.165) is 5.56 Å². The van der Waals surface area contributed by atoms with Gasteiger partial charge in [-0.3, -0.25) is 4.21 Å². The highest BCUT2D eigenvalue weighted by Gasteiger charge is 2.44. The van der Waals surface area contributed by atoms with Crippen molar-refractivity contribution in [2.45, 2.75) is 70.0 Å². The van der Waals surface area contributed by atoms with Gasteiger partial charge in [-0.1, -0.05) is 44.2 Å². The molecule has 0 aliphatic carbocycles. The van der Waals surface area contributed by atoms with E-state index in [4.69, 9.17) is 0 Å². The SMILES string of the molecule is CC(C)S(=O)C(C)(C)C(c1ccccc1)[NH+]([O-])C(C)(C)C. The van der Waals surface area contributed by atoms with E-state index >= 15 is 0 Å². The van der Waals surface area contributed by atoms with Gasteiger partial charge in [-0.05, 0) is 34.6 Å². The number of benzene rings is 1. The Kier molecular flexibility index (Phi) is 5.76. The smallest absolute Gasteiger partial charge is 0.130 e. The van der Waals surface area contributed by atoms with Crippen LogP contribution < -0.4 is 5.06 Å². The number of hydrogen-bond donors (Lipinski definition) is 1. The zero-order chi connectivity index (χ0) is 16.4. The molecule has 120 valence electrons. The standard InChI is InChI=1S/C17H29NO2S/c1-13(2)21(20)17(6,7)15(18(19)16(3,4)5)14-11-9-8-10-12-14/h8-13,15,18H,1-7H3. The van der Waals surface area contributed by atoms with Gasteiger partial charge in [-0.25, -0.2) is 0 Å². The van der Waals surface area contributed by atoms with Crippen LogP contribution in [-0.4, -0.2) is 19.7 Å². The van der Waals surface area contributed by atoms with Crippen molar-refractivity contribution in [3.63, 3.8) is 0 Å². The molecule has 0 fully saturated rings. The normalized spacial score (nSPS) is 17.6. The van der Waals surface area contributed by atoms with E-state index in [-0.39, 0.29) is 16.4 Å². The quantitative estimate of drug-likeness (QED) is 0.850. The highest BCUT2D eigenvalue weighted by Crippen LogP contribution is 2.31. The predicted molar refractivity (Wildman–Crippen MR) is 90.6 cm³/mol. The molecule has 1 aromatic rings. The number of hydrogen-bond acceptors (Lipinski definition) is 2. The van der Waals surface area contributed by atoms with Crippen molar-refractivity contribution in [1.29, 1.82) is 0 Å². The molecule has 21 heavy (non-hydrogen) atoms. The predicted octanol–water partition coefficient (Wildman–Crippen LogP) is 2.84. The minimum Gasteiger partial charge on any atom is -0.633 e. The molecule has 3 atom stereocenters. The lowest BCUT2D eigenvalue weighted by molar-refractivity contribution is -0.931. The highest BCUT2D eigenvalue weighted by atomic mass is 32.2. The summed E-state index contributed by atoms with van der Waals surface area (Å²) in [5, 5.41) is 13.2. The summed E-state index contributed by atoms with van der Waals surface area (Å²) in [5.41, 5.74) is 0.496. The monoisotopic (exact) mass is 311 g/mol. The summed E-state index contributed by atoms with van der Waals surface area (Å²) in [5.74, 6) is 0. The van der Waals surface area contributed by atoms with Crippen LogP contribution in [0.25, 0.3) is 0 Å². The van der Waals surface area contributed by atoms with Crippen molar-refractivity contribution in [3.8, 4) is 0 Å². The lowest BCUT2D eigenvalue weighted by Gasteiger charge is -2.48. The summed E-state index contributed by atoms with van der Waals surface area (Å²) in [6.07, 6.45) is 0. The molecular formula is C17H29NO2S. The molecule has 0 aliphatic heterocycles. The molecule has 0 heterocycles. The van der Waals surface area contributed by atoms with Crippen LogP contribution in [-0.2, 0) is 10.8 Å². The van der Waals surface area contributed by atoms with E-state index in [1.807, 2.05) is 78.8 Å². The van der Waals surface area contributed by atoms with Crippen LogP contribution in [0, 0.1) is 5.21 Å². The first kappa shape index (κ1) is 18.3. The van der Waals surface area contributed by atoms with Crippen LogP contribution in [0.3, 0.4) is 0 Å². The Hall–Kier alpha value is -0.710.